The molecule has 1 atom stereocenters. The number of nitrogens with zero attached hydrogens (tertiary/aromatic N) is 2. The summed E-state index contributed by atoms with van der Waals surface area (Å²) in [4.78, 5) is 6.42. The number of thiazole rings is 1. The van der Waals surface area contributed by atoms with Crippen LogP contribution >= 0.6 is 11.3 Å². The molecule has 2 rings (SSSR count). The highest BCUT2D eigenvalue weighted by molar-refractivity contribution is 7.07. The van der Waals surface area contributed by atoms with Crippen LogP contribution in [0.15, 0.2) is 35.2 Å². The summed E-state index contributed by atoms with van der Waals surface area (Å²) in [5.74, 6) is 0. The van der Waals surface area contributed by atoms with Gasteiger partial charge in [0, 0.05) is 23.7 Å². The van der Waals surface area contributed by atoms with E-state index in [1.54, 1.807) is 11.3 Å². The topological polar surface area (TPSA) is 36.4 Å². The number of aliphatic hydroxyl groups is 1. The molecule has 1 heterocycles. The van der Waals surface area contributed by atoms with Crippen molar-refractivity contribution < 1.29 is 5.11 Å². The average Bonchev–Trinajstić information content (AvgIpc) is 2.90. The first-order chi connectivity index (χ1) is 8.72. The van der Waals surface area contributed by atoms with Gasteiger partial charge < -0.3 is 10.0 Å². The minimum absolute atomic E-state index is 0.404. The van der Waals surface area contributed by atoms with Crippen molar-refractivity contribution in [2.75, 3.05) is 11.9 Å². The molecule has 1 aromatic carbocycles. The minimum Gasteiger partial charge on any atom is -0.388 e. The third-order valence-electron chi connectivity index (χ3n) is 2.98. The first kappa shape index (κ1) is 13.1. The Bertz CT molecular complexity index is 484. The zero-order valence-electron chi connectivity index (χ0n) is 10.7. The molecule has 2 aromatic rings. The summed E-state index contributed by atoms with van der Waals surface area (Å²) in [5, 5.41) is 12.1. The lowest BCUT2D eigenvalue weighted by Crippen LogP contribution is -2.19. The highest BCUT2D eigenvalue weighted by Gasteiger charge is 2.13. The van der Waals surface area contributed by atoms with Gasteiger partial charge in [0.2, 0.25) is 0 Å². The molecule has 18 heavy (non-hydrogen) atoms. The Morgan fingerprint density at radius 2 is 2.17 bits per heavy atom. The van der Waals surface area contributed by atoms with Crippen LogP contribution in [-0.2, 0) is 6.54 Å². The van der Waals surface area contributed by atoms with Gasteiger partial charge >= 0.3 is 0 Å². The predicted molar refractivity (Wildman–Crippen MR) is 75.9 cm³/mol. The monoisotopic (exact) mass is 262 g/mol. The third-order valence-corrected chi connectivity index (χ3v) is 3.61. The molecule has 0 saturated carbocycles. The van der Waals surface area contributed by atoms with Crippen molar-refractivity contribution in [3.63, 3.8) is 0 Å². The van der Waals surface area contributed by atoms with E-state index in [1.165, 1.54) is 0 Å². The fourth-order valence-electron chi connectivity index (χ4n) is 1.98. The Morgan fingerprint density at radius 3 is 2.83 bits per heavy atom. The Kier molecular flexibility index (Phi) is 4.33. The van der Waals surface area contributed by atoms with E-state index in [0.29, 0.717) is 0 Å². The van der Waals surface area contributed by atoms with Crippen molar-refractivity contribution in [1.29, 1.82) is 0 Å². The summed E-state index contributed by atoms with van der Waals surface area (Å²) in [6.07, 6.45) is 0.320. The Morgan fingerprint density at radius 1 is 1.39 bits per heavy atom. The lowest BCUT2D eigenvalue weighted by atomic mass is 10.0. The largest absolute Gasteiger partial charge is 0.388 e. The molecule has 0 aliphatic carbocycles. The van der Waals surface area contributed by atoms with E-state index in [9.17, 15) is 5.11 Å². The molecular formula is C14H18N2OS. The second kappa shape index (κ2) is 5.98. The molecule has 1 aromatic heterocycles. The van der Waals surface area contributed by atoms with Gasteiger partial charge in [-0.15, -0.1) is 11.3 Å². The Balaban J connectivity index is 2.21. The van der Waals surface area contributed by atoms with Crippen LogP contribution < -0.4 is 4.90 Å². The van der Waals surface area contributed by atoms with Crippen LogP contribution in [0.25, 0.3) is 0 Å². The third kappa shape index (κ3) is 2.89. The molecule has 96 valence electrons. The molecule has 0 aliphatic rings. The summed E-state index contributed by atoms with van der Waals surface area (Å²) in [6, 6.07) is 7.99. The maximum atomic E-state index is 10.0. The number of aliphatic hydroxyl groups excluding tert-OH is 1. The minimum atomic E-state index is -0.404. The van der Waals surface area contributed by atoms with Crippen molar-refractivity contribution >= 4 is 17.0 Å². The van der Waals surface area contributed by atoms with E-state index in [2.05, 4.69) is 15.3 Å². The van der Waals surface area contributed by atoms with Crippen molar-refractivity contribution in [3.05, 3.63) is 46.4 Å². The van der Waals surface area contributed by atoms with E-state index in [1.807, 2.05) is 43.7 Å². The highest BCUT2D eigenvalue weighted by Crippen LogP contribution is 2.28. The Labute approximate surface area is 112 Å². The molecule has 0 fully saturated rings. The van der Waals surface area contributed by atoms with E-state index in [4.69, 9.17) is 0 Å². The summed E-state index contributed by atoms with van der Waals surface area (Å²) >= 11 is 1.60. The molecule has 0 bridgehead atoms. The maximum Gasteiger partial charge on any atom is 0.0807 e. The molecule has 0 radical (unpaired) electrons. The summed E-state index contributed by atoms with van der Waals surface area (Å²) in [7, 11) is 2.03. The van der Waals surface area contributed by atoms with Crippen molar-refractivity contribution in [2.24, 2.45) is 0 Å². The van der Waals surface area contributed by atoms with Crippen LogP contribution in [0.4, 0.5) is 5.69 Å². The van der Waals surface area contributed by atoms with Gasteiger partial charge in [-0.25, -0.2) is 4.98 Å². The van der Waals surface area contributed by atoms with E-state index in [-0.39, 0.29) is 0 Å². The fraction of sp³-hybridized carbons (Fsp3) is 0.357. The molecule has 4 heteroatoms. The SMILES string of the molecule is CC[C@H](O)c1ccccc1N(C)Cc1cscn1. The summed E-state index contributed by atoms with van der Waals surface area (Å²) in [6.45, 7) is 2.75. The Hall–Kier alpha value is -1.39. The summed E-state index contributed by atoms with van der Waals surface area (Å²) in [5.41, 5.74) is 4.96. The number of hydrogen-bond donors (Lipinski definition) is 1. The van der Waals surface area contributed by atoms with Gasteiger partial charge in [-0.1, -0.05) is 25.1 Å². The molecule has 0 aliphatic heterocycles. The van der Waals surface area contributed by atoms with E-state index >= 15 is 0 Å². The van der Waals surface area contributed by atoms with Crippen LogP contribution in [0.1, 0.15) is 30.7 Å². The summed E-state index contributed by atoms with van der Waals surface area (Å²) < 4.78 is 0. The second-order valence-electron chi connectivity index (χ2n) is 4.32. The second-order valence-corrected chi connectivity index (χ2v) is 5.04. The van der Waals surface area contributed by atoms with Crippen LogP contribution in [0, 0.1) is 0 Å². The zero-order valence-corrected chi connectivity index (χ0v) is 11.5. The van der Waals surface area contributed by atoms with Gasteiger partial charge in [-0.3, -0.25) is 0 Å². The first-order valence-corrected chi connectivity index (χ1v) is 7.01. The first-order valence-electron chi connectivity index (χ1n) is 6.07. The van der Waals surface area contributed by atoms with Gasteiger partial charge in [-0.2, -0.15) is 0 Å². The van der Waals surface area contributed by atoms with E-state index in [0.717, 1.165) is 29.9 Å². The molecule has 0 amide bonds. The molecule has 0 unspecified atom stereocenters. The van der Waals surface area contributed by atoms with Crippen LogP contribution in [0.5, 0.6) is 0 Å². The van der Waals surface area contributed by atoms with Gasteiger partial charge in [0.25, 0.3) is 0 Å². The zero-order chi connectivity index (χ0) is 13.0. The number of aromatic nitrogens is 1. The smallest absolute Gasteiger partial charge is 0.0807 e. The number of para-hydroxylation sites is 1. The van der Waals surface area contributed by atoms with Crippen molar-refractivity contribution in [1.82, 2.24) is 4.98 Å². The van der Waals surface area contributed by atoms with Crippen LogP contribution in [0.3, 0.4) is 0 Å². The van der Waals surface area contributed by atoms with Gasteiger partial charge in [0.15, 0.2) is 0 Å². The van der Waals surface area contributed by atoms with E-state index < -0.39 is 6.10 Å². The number of hydrogen-bond acceptors (Lipinski definition) is 4. The maximum absolute atomic E-state index is 10.0. The lowest BCUT2D eigenvalue weighted by Gasteiger charge is -2.23. The molecule has 0 spiro atoms. The van der Waals surface area contributed by atoms with Crippen molar-refractivity contribution in [2.45, 2.75) is 26.0 Å². The van der Waals surface area contributed by atoms with Crippen LogP contribution in [-0.4, -0.2) is 17.1 Å². The fourth-order valence-corrected chi connectivity index (χ4v) is 2.53. The predicted octanol–water partition coefficient (Wildman–Crippen LogP) is 3.22. The quantitative estimate of drug-likeness (QED) is 0.898. The van der Waals surface area contributed by atoms with Gasteiger partial charge in [0.1, 0.15) is 0 Å². The standard InChI is InChI=1S/C14H18N2OS/c1-3-14(17)12-6-4-5-7-13(12)16(2)8-11-9-18-10-15-11/h4-7,9-10,14,17H,3,8H2,1-2H3/t14-/m0/s1. The number of rotatable bonds is 5. The van der Waals surface area contributed by atoms with Gasteiger partial charge in [-0.05, 0) is 12.5 Å². The molecular weight excluding hydrogens is 244 g/mol. The van der Waals surface area contributed by atoms with Crippen molar-refractivity contribution in [3.8, 4) is 0 Å². The normalized spacial score (nSPS) is 12.4. The molecule has 3 nitrogen and oxygen atoms in total. The number of anilines is 1. The van der Waals surface area contributed by atoms with Crippen LogP contribution in [0.2, 0.25) is 0 Å². The molecule has 0 saturated heterocycles. The van der Waals surface area contributed by atoms with Gasteiger partial charge in [0.05, 0.1) is 23.9 Å². The molecule has 1 N–H and O–H groups in total. The number of benzene rings is 1. The highest BCUT2D eigenvalue weighted by atomic mass is 32.1. The lowest BCUT2D eigenvalue weighted by molar-refractivity contribution is 0.174. The average molecular weight is 262 g/mol.